The van der Waals surface area contributed by atoms with Crippen LogP contribution in [0.1, 0.15) is 65.0 Å². The van der Waals surface area contributed by atoms with Gasteiger partial charge in [-0.2, -0.15) is 0 Å². The molecule has 0 aliphatic carbocycles. The zero-order valence-corrected chi connectivity index (χ0v) is 17.9. The van der Waals surface area contributed by atoms with Crippen molar-refractivity contribution in [3.63, 3.8) is 0 Å². The lowest BCUT2D eigenvalue weighted by molar-refractivity contribution is -0.0624. The van der Waals surface area contributed by atoms with Gasteiger partial charge in [-0.1, -0.05) is 36.4 Å². The molecule has 5 nitrogen and oxygen atoms in total. The number of carbonyl (C=O) groups excluding carboxylic acids is 1. The highest BCUT2D eigenvalue weighted by molar-refractivity contribution is 5.70. The normalized spacial score (nSPS) is 19.4. The molecule has 1 aromatic rings. The first kappa shape index (κ1) is 22.4. The predicted octanol–water partition coefficient (Wildman–Crippen LogP) is 4.78. The minimum absolute atomic E-state index is 0.0752. The van der Waals surface area contributed by atoms with Crippen molar-refractivity contribution in [2.24, 2.45) is 0 Å². The van der Waals surface area contributed by atoms with Gasteiger partial charge in [-0.25, -0.2) is 4.79 Å². The Balaban J connectivity index is 2.14. The molecule has 1 N–H and O–H groups in total. The standard InChI is InChI=1S/C23H35NO4/c1-22(2,3)28-21(26)24-20(17-27-23(24,4)5)16-19-14-10-9-13-18(19)12-8-6-7-11-15-25/h8-10,12-14,20,25H,6-7,11,15-17H2,1-5H3/b12-8-. The number of ether oxygens (including phenoxy) is 2. The van der Waals surface area contributed by atoms with Crippen molar-refractivity contribution in [1.82, 2.24) is 4.90 Å². The SMILES string of the molecule is CC(C)(C)OC(=O)N1C(Cc2ccccc2/C=C\CCCCO)COC1(C)C. The van der Waals surface area contributed by atoms with Crippen LogP contribution < -0.4 is 0 Å². The number of amides is 1. The summed E-state index contributed by atoms with van der Waals surface area (Å²) in [6.07, 6.45) is 7.40. The Hall–Kier alpha value is -1.85. The highest BCUT2D eigenvalue weighted by atomic mass is 16.6. The summed E-state index contributed by atoms with van der Waals surface area (Å²) in [7, 11) is 0. The third kappa shape index (κ3) is 6.35. The highest BCUT2D eigenvalue weighted by Crippen LogP contribution is 2.31. The molecular formula is C23H35NO4. The number of hydrogen-bond donors (Lipinski definition) is 1. The van der Waals surface area contributed by atoms with Crippen LogP contribution in [-0.4, -0.2) is 46.7 Å². The van der Waals surface area contributed by atoms with Crippen LogP contribution >= 0.6 is 0 Å². The predicted molar refractivity (Wildman–Crippen MR) is 112 cm³/mol. The van der Waals surface area contributed by atoms with E-state index >= 15 is 0 Å². The van der Waals surface area contributed by atoms with Crippen LogP contribution in [0.2, 0.25) is 0 Å². The van der Waals surface area contributed by atoms with E-state index in [9.17, 15) is 4.79 Å². The van der Waals surface area contributed by atoms with Crippen LogP contribution in [0.25, 0.3) is 6.08 Å². The molecule has 28 heavy (non-hydrogen) atoms. The van der Waals surface area contributed by atoms with Gasteiger partial charge in [-0.05, 0) is 71.4 Å². The van der Waals surface area contributed by atoms with Crippen molar-refractivity contribution in [2.75, 3.05) is 13.2 Å². The first-order valence-corrected chi connectivity index (χ1v) is 10.2. The number of carbonyl (C=O) groups is 1. The minimum Gasteiger partial charge on any atom is -0.444 e. The average molecular weight is 390 g/mol. The van der Waals surface area contributed by atoms with Gasteiger partial charge in [-0.15, -0.1) is 0 Å². The Bertz CT molecular complexity index is 675. The quantitative estimate of drug-likeness (QED) is 0.682. The lowest BCUT2D eigenvalue weighted by atomic mass is 9.99. The summed E-state index contributed by atoms with van der Waals surface area (Å²) < 4.78 is 11.6. The van der Waals surface area contributed by atoms with Gasteiger partial charge >= 0.3 is 6.09 Å². The second kappa shape index (κ2) is 9.57. The Morgan fingerprint density at radius 3 is 2.71 bits per heavy atom. The second-order valence-electron chi connectivity index (χ2n) is 8.79. The van der Waals surface area contributed by atoms with E-state index in [0.29, 0.717) is 13.0 Å². The number of benzene rings is 1. The lowest BCUT2D eigenvalue weighted by Gasteiger charge is -2.35. The number of aliphatic hydroxyl groups is 1. The first-order chi connectivity index (χ1) is 13.1. The molecule has 0 aromatic heterocycles. The molecule has 0 bridgehead atoms. The molecule has 5 heteroatoms. The van der Waals surface area contributed by atoms with Crippen LogP contribution in [0.4, 0.5) is 4.79 Å². The summed E-state index contributed by atoms with van der Waals surface area (Å²) in [6, 6.07) is 8.17. The molecule has 0 radical (unpaired) electrons. The van der Waals surface area contributed by atoms with Gasteiger partial charge < -0.3 is 14.6 Å². The molecule has 1 aromatic carbocycles. The topological polar surface area (TPSA) is 59.0 Å². The molecule has 0 spiro atoms. The second-order valence-corrected chi connectivity index (χ2v) is 8.79. The Kier molecular flexibility index (Phi) is 7.67. The molecule has 1 aliphatic rings. The molecule has 1 atom stereocenters. The van der Waals surface area contributed by atoms with Gasteiger partial charge in [0.1, 0.15) is 11.3 Å². The van der Waals surface area contributed by atoms with E-state index in [-0.39, 0.29) is 18.7 Å². The summed E-state index contributed by atoms with van der Waals surface area (Å²) in [4.78, 5) is 14.6. The van der Waals surface area contributed by atoms with Crippen molar-refractivity contribution >= 4 is 12.2 Å². The Morgan fingerprint density at radius 1 is 1.32 bits per heavy atom. The third-order valence-corrected chi connectivity index (χ3v) is 4.75. The molecule has 2 rings (SSSR count). The summed E-state index contributed by atoms with van der Waals surface area (Å²) in [5.41, 5.74) is 1.10. The van der Waals surface area contributed by atoms with Gasteiger partial charge in [-0.3, -0.25) is 4.90 Å². The Morgan fingerprint density at radius 2 is 2.04 bits per heavy atom. The summed E-state index contributed by atoms with van der Waals surface area (Å²) in [5, 5.41) is 8.89. The van der Waals surface area contributed by atoms with Crippen LogP contribution in [-0.2, 0) is 15.9 Å². The van der Waals surface area contributed by atoms with Crippen LogP contribution in [0, 0.1) is 0 Å². The van der Waals surface area contributed by atoms with Crippen LogP contribution in [0.5, 0.6) is 0 Å². The van der Waals surface area contributed by atoms with Crippen LogP contribution in [0.3, 0.4) is 0 Å². The van der Waals surface area contributed by atoms with E-state index in [1.54, 1.807) is 4.90 Å². The third-order valence-electron chi connectivity index (χ3n) is 4.75. The maximum absolute atomic E-state index is 12.8. The fraction of sp³-hybridized carbons (Fsp3) is 0.609. The van der Waals surface area contributed by atoms with Crippen LogP contribution in [0.15, 0.2) is 30.3 Å². The molecule has 1 heterocycles. The number of unbranched alkanes of at least 4 members (excludes halogenated alkanes) is 2. The van der Waals surface area contributed by atoms with Gasteiger partial charge in [0.15, 0.2) is 0 Å². The van der Waals surface area contributed by atoms with Gasteiger partial charge in [0, 0.05) is 6.61 Å². The van der Waals surface area contributed by atoms with Crippen molar-refractivity contribution in [3.05, 3.63) is 41.5 Å². The van der Waals surface area contributed by atoms with Crippen molar-refractivity contribution in [1.29, 1.82) is 0 Å². The molecule has 1 saturated heterocycles. The Labute approximate surface area is 169 Å². The van der Waals surface area contributed by atoms with Crippen molar-refractivity contribution < 1.29 is 19.4 Å². The summed E-state index contributed by atoms with van der Waals surface area (Å²) >= 11 is 0. The van der Waals surface area contributed by atoms with E-state index in [4.69, 9.17) is 14.6 Å². The van der Waals surface area contributed by atoms with E-state index in [2.05, 4.69) is 24.3 Å². The number of allylic oxidation sites excluding steroid dienone is 1. The zero-order valence-electron chi connectivity index (χ0n) is 17.9. The van der Waals surface area contributed by atoms with Gasteiger partial charge in [0.25, 0.3) is 0 Å². The monoisotopic (exact) mass is 389 g/mol. The maximum Gasteiger partial charge on any atom is 0.412 e. The molecule has 1 amide bonds. The maximum atomic E-state index is 12.8. The minimum atomic E-state index is -0.692. The van der Waals surface area contributed by atoms with E-state index in [1.165, 1.54) is 5.56 Å². The molecular weight excluding hydrogens is 354 g/mol. The molecule has 1 unspecified atom stereocenters. The molecule has 1 fully saturated rings. The van der Waals surface area contributed by atoms with E-state index in [0.717, 1.165) is 24.8 Å². The number of aliphatic hydroxyl groups excluding tert-OH is 1. The fourth-order valence-corrected chi connectivity index (χ4v) is 3.43. The van der Waals surface area contributed by atoms with Crippen molar-refractivity contribution in [3.8, 4) is 0 Å². The van der Waals surface area contributed by atoms with E-state index < -0.39 is 11.3 Å². The fourth-order valence-electron chi connectivity index (χ4n) is 3.43. The lowest BCUT2D eigenvalue weighted by Crippen LogP contribution is -2.50. The zero-order chi connectivity index (χ0) is 20.8. The molecule has 156 valence electrons. The van der Waals surface area contributed by atoms with Gasteiger partial charge in [0.05, 0.1) is 12.6 Å². The number of nitrogens with zero attached hydrogens (tertiary/aromatic N) is 1. The summed E-state index contributed by atoms with van der Waals surface area (Å²) in [6.45, 7) is 10.2. The van der Waals surface area contributed by atoms with Crippen molar-refractivity contribution in [2.45, 2.75) is 77.7 Å². The smallest absolute Gasteiger partial charge is 0.412 e. The van der Waals surface area contributed by atoms with E-state index in [1.807, 2.05) is 46.8 Å². The number of hydrogen-bond acceptors (Lipinski definition) is 4. The highest BCUT2D eigenvalue weighted by Gasteiger charge is 2.45. The first-order valence-electron chi connectivity index (χ1n) is 10.2. The number of rotatable bonds is 7. The largest absolute Gasteiger partial charge is 0.444 e. The van der Waals surface area contributed by atoms with Gasteiger partial charge in [0.2, 0.25) is 0 Å². The summed E-state index contributed by atoms with van der Waals surface area (Å²) in [5.74, 6) is 0. The average Bonchev–Trinajstić information content (AvgIpc) is 2.89. The molecule has 1 aliphatic heterocycles. The molecule has 0 saturated carbocycles.